The SMILES string of the molecule is C[C@H](NC(=O)OCc1ccccc1)C(=O)N[C@@H](C)C(=O)NCC(=O)OC(C)(C)C. The number of hydrogen-bond acceptors (Lipinski definition) is 6. The maximum absolute atomic E-state index is 12.1. The van der Waals surface area contributed by atoms with Crippen molar-refractivity contribution >= 4 is 23.9 Å². The summed E-state index contributed by atoms with van der Waals surface area (Å²) in [6.45, 7) is 7.84. The fourth-order valence-corrected chi connectivity index (χ4v) is 2.10. The van der Waals surface area contributed by atoms with Crippen LogP contribution in [0.5, 0.6) is 0 Å². The van der Waals surface area contributed by atoms with E-state index in [2.05, 4.69) is 16.0 Å². The Bertz CT molecular complexity index is 715. The van der Waals surface area contributed by atoms with Gasteiger partial charge in [-0.15, -0.1) is 0 Å². The van der Waals surface area contributed by atoms with Crippen molar-refractivity contribution in [2.24, 2.45) is 0 Å². The summed E-state index contributed by atoms with van der Waals surface area (Å²) in [5.74, 6) is -1.70. The van der Waals surface area contributed by atoms with Gasteiger partial charge in [0, 0.05) is 0 Å². The third-order valence-corrected chi connectivity index (χ3v) is 3.52. The minimum Gasteiger partial charge on any atom is -0.459 e. The number of rotatable bonds is 8. The molecule has 160 valence electrons. The highest BCUT2D eigenvalue weighted by Gasteiger charge is 2.22. The molecule has 0 saturated heterocycles. The fraction of sp³-hybridized carbons (Fsp3) is 0.500. The van der Waals surface area contributed by atoms with Gasteiger partial charge in [0.1, 0.15) is 30.8 Å². The van der Waals surface area contributed by atoms with Crippen LogP contribution in [0.3, 0.4) is 0 Å². The molecule has 1 rings (SSSR count). The summed E-state index contributed by atoms with van der Waals surface area (Å²) >= 11 is 0. The Labute approximate surface area is 170 Å². The second kappa shape index (κ2) is 11.0. The van der Waals surface area contributed by atoms with E-state index < -0.39 is 41.6 Å². The fourth-order valence-electron chi connectivity index (χ4n) is 2.10. The van der Waals surface area contributed by atoms with Crippen LogP contribution in [0.4, 0.5) is 4.79 Å². The summed E-state index contributed by atoms with van der Waals surface area (Å²) in [5, 5.41) is 7.24. The number of hydrogen-bond donors (Lipinski definition) is 3. The first-order chi connectivity index (χ1) is 13.5. The first kappa shape index (κ1) is 23.9. The highest BCUT2D eigenvalue weighted by atomic mass is 16.6. The topological polar surface area (TPSA) is 123 Å². The molecule has 0 radical (unpaired) electrons. The molecule has 0 aliphatic heterocycles. The lowest BCUT2D eigenvalue weighted by atomic mass is 10.2. The van der Waals surface area contributed by atoms with E-state index in [0.717, 1.165) is 5.56 Å². The van der Waals surface area contributed by atoms with Gasteiger partial charge < -0.3 is 25.4 Å². The van der Waals surface area contributed by atoms with E-state index in [4.69, 9.17) is 9.47 Å². The number of amides is 3. The van der Waals surface area contributed by atoms with Crippen LogP contribution in [-0.4, -0.2) is 48.1 Å². The summed E-state index contributed by atoms with van der Waals surface area (Å²) in [6, 6.07) is 7.28. The Morgan fingerprint density at radius 3 is 2.10 bits per heavy atom. The number of nitrogens with one attached hydrogen (secondary N) is 3. The van der Waals surface area contributed by atoms with Crippen LogP contribution in [0.2, 0.25) is 0 Å². The normalized spacial score (nSPS) is 12.9. The zero-order valence-electron chi connectivity index (χ0n) is 17.4. The summed E-state index contributed by atoms with van der Waals surface area (Å²) in [7, 11) is 0. The van der Waals surface area contributed by atoms with Gasteiger partial charge in [-0.05, 0) is 40.2 Å². The lowest BCUT2D eigenvalue weighted by Crippen LogP contribution is -2.52. The molecule has 0 bridgehead atoms. The molecule has 9 nitrogen and oxygen atoms in total. The monoisotopic (exact) mass is 407 g/mol. The quantitative estimate of drug-likeness (QED) is 0.558. The van der Waals surface area contributed by atoms with Gasteiger partial charge in [-0.25, -0.2) is 4.79 Å². The minimum absolute atomic E-state index is 0.0739. The summed E-state index contributed by atoms with van der Waals surface area (Å²) in [5.41, 5.74) is 0.160. The van der Waals surface area contributed by atoms with Crippen LogP contribution in [0.25, 0.3) is 0 Å². The number of alkyl carbamates (subject to hydrolysis) is 1. The number of esters is 1. The van der Waals surface area contributed by atoms with Gasteiger partial charge in [-0.2, -0.15) is 0 Å². The Hall–Kier alpha value is -3.10. The van der Waals surface area contributed by atoms with E-state index in [0.29, 0.717) is 0 Å². The van der Waals surface area contributed by atoms with Crippen LogP contribution in [0.15, 0.2) is 30.3 Å². The molecule has 1 aromatic rings. The Morgan fingerprint density at radius 2 is 1.52 bits per heavy atom. The molecule has 0 aliphatic carbocycles. The van der Waals surface area contributed by atoms with E-state index in [1.807, 2.05) is 18.2 Å². The molecule has 3 amide bonds. The van der Waals surface area contributed by atoms with Crippen LogP contribution in [0, 0.1) is 0 Å². The third-order valence-electron chi connectivity index (χ3n) is 3.52. The maximum atomic E-state index is 12.1. The molecule has 2 atom stereocenters. The Kier molecular flexibility index (Phi) is 9.11. The standard InChI is InChI=1S/C20H29N3O6/c1-13(17(25)21-11-16(24)29-20(3,4)5)22-18(26)14(2)23-19(27)28-12-15-9-7-6-8-10-15/h6-10,13-14H,11-12H2,1-5H3,(H,21,25)(H,22,26)(H,23,27)/t13-,14-/m0/s1. The molecular formula is C20H29N3O6. The van der Waals surface area contributed by atoms with Crippen molar-refractivity contribution in [2.45, 2.75) is 58.9 Å². The predicted molar refractivity (Wildman–Crippen MR) is 106 cm³/mol. The zero-order chi connectivity index (χ0) is 22.0. The summed E-state index contributed by atoms with van der Waals surface area (Å²) < 4.78 is 10.1. The minimum atomic E-state index is -0.917. The van der Waals surface area contributed by atoms with Gasteiger partial charge in [0.25, 0.3) is 0 Å². The molecule has 0 aromatic heterocycles. The number of ether oxygens (including phenoxy) is 2. The molecule has 0 aliphatic rings. The van der Waals surface area contributed by atoms with Crippen molar-refractivity contribution in [1.82, 2.24) is 16.0 Å². The average molecular weight is 407 g/mol. The van der Waals surface area contributed by atoms with E-state index >= 15 is 0 Å². The first-order valence-electron chi connectivity index (χ1n) is 9.25. The highest BCUT2D eigenvalue weighted by Crippen LogP contribution is 2.06. The molecule has 0 saturated carbocycles. The molecule has 0 fully saturated rings. The molecule has 3 N–H and O–H groups in total. The first-order valence-corrected chi connectivity index (χ1v) is 9.25. The van der Waals surface area contributed by atoms with Crippen LogP contribution in [0.1, 0.15) is 40.2 Å². The summed E-state index contributed by atoms with van der Waals surface area (Å²) in [4.78, 5) is 47.6. The second-order valence-electron chi connectivity index (χ2n) is 7.46. The van der Waals surface area contributed by atoms with Crippen molar-refractivity contribution in [3.63, 3.8) is 0 Å². The second-order valence-corrected chi connectivity index (χ2v) is 7.46. The Morgan fingerprint density at radius 1 is 0.931 bits per heavy atom. The van der Waals surface area contributed by atoms with Crippen molar-refractivity contribution in [3.8, 4) is 0 Å². The molecule has 29 heavy (non-hydrogen) atoms. The van der Waals surface area contributed by atoms with Crippen molar-refractivity contribution in [3.05, 3.63) is 35.9 Å². The largest absolute Gasteiger partial charge is 0.459 e. The molecule has 1 aromatic carbocycles. The third kappa shape index (κ3) is 10.1. The van der Waals surface area contributed by atoms with Crippen molar-refractivity contribution in [1.29, 1.82) is 0 Å². The molecular weight excluding hydrogens is 378 g/mol. The highest BCUT2D eigenvalue weighted by molar-refractivity contribution is 5.91. The maximum Gasteiger partial charge on any atom is 0.408 e. The number of benzene rings is 1. The lowest BCUT2D eigenvalue weighted by Gasteiger charge is -2.20. The average Bonchev–Trinajstić information content (AvgIpc) is 2.63. The van der Waals surface area contributed by atoms with E-state index in [9.17, 15) is 19.2 Å². The van der Waals surface area contributed by atoms with Crippen LogP contribution < -0.4 is 16.0 Å². The number of carbonyl (C=O) groups excluding carboxylic acids is 4. The zero-order valence-corrected chi connectivity index (χ0v) is 17.4. The van der Waals surface area contributed by atoms with Gasteiger partial charge in [0.2, 0.25) is 11.8 Å². The molecule has 0 heterocycles. The van der Waals surface area contributed by atoms with E-state index in [1.165, 1.54) is 13.8 Å². The van der Waals surface area contributed by atoms with Crippen LogP contribution >= 0.6 is 0 Å². The van der Waals surface area contributed by atoms with Gasteiger partial charge in [-0.1, -0.05) is 30.3 Å². The Balaban J connectivity index is 2.35. The van der Waals surface area contributed by atoms with E-state index in [1.54, 1.807) is 32.9 Å². The summed E-state index contributed by atoms with van der Waals surface area (Å²) in [6.07, 6.45) is -0.751. The predicted octanol–water partition coefficient (Wildman–Crippen LogP) is 1.26. The number of carbonyl (C=O) groups is 4. The lowest BCUT2D eigenvalue weighted by molar-refractivity contribution is -0.154. The molecule has 0 spiro atoms. The van der Waals surface area contributed by atoms with Gasteiger partial charge in [0.05, 0.1) is 0 Å². The van der Waals surface area contributed by atoms with Gasteiger partial charge >= 0.3 is 12.1 Å². The molecule has 0 unspecified atom stereocenters. The van der Waals surface area contributed by atoms with Gasteiger partial charge in [0.15, 0.2) is 0 Å². The van der Waals surface area contributed by atoms with E-state index in [-0.39, 0.29) is 13.2 Å². The smallest absolute Gasteiger partial charge is 0.408 e. The van der Waals surface area contributed by atoms with Crippen LogP contribution in [-0.2, 0) is 30.5 Å². The van der Waals surface area contributed by atoms with Crippen molar-refractivity contribution < 1.29 is 28.7 Å². The molecule has 9 heteroatoms. The van der Waals surface area contributed by atoms with Gasteiger partial charge in [-0.3, -0.25) is 14.4 Å². The van der Waals surface area contributed by atoms with Crippen molar-refractivity contribution in [2.75, 3.05) is 6.54 Å².